The number of aromatic nitrogens is 2. The summed E-state index contributed by atoms with van der Waals surface area (Å²) in [4.78, 5) is 26.6. The van der Waals surface area contributed by atoms with E-state index in [0.717, 1.165) is 34.7 Å². The molecule has 0 unspecified atom stereocenters. The highest BCUT2D eigenvalue weighted by Gasteiger charge is 2.33. The number of aryl methyl sites for hydroxylation is 1. The maximum Gasteiger partial charge on any atom is 0.245 e. The average Bonchev–Trinajstić information content (AvgIpc) is 2.71. The lowest BCUT2D eigenvalue weighted by Gasteiger charge is -2.40. The summed E-state index contributed by atoms with van der Waals surface area (Å²) in [6.07, 6.45) is 0.619. The van der Waals surface area contributed by atoms with Gasteiger partial charge in [-0.15, -0.1) is 0 Å². The highest BCUT2D eigenvalue weighted by atomic mass is 16.2. The number of rotatable bonds is 5. The first-order chi connectivity index (χ1) is 14.1. The molecule has 1 aliphatic heterocycles. The number of amides is 1. The summed E-state index contributed by atoms with van der Waals surface area (Å²) in [6.45, 7) is 6.58. The Labute approximate surface area is 171 Å². The number of carbonyl (C=O) groups is 1. The van der Waals surface area contributed by atoms with E-state index in [0.29, 0.717) is 26.1 Å². The van der Waals surface area contributed by atoms with Gasteiger partial charge in [-0.1, -0.05) is 42.0 Å². The van der Waals surface area contributed by atoms with Gasteiger partial charge in [0.2, 0.25) is 5.91 Å². The molecule has 0 radical (unpaired) electrons. The zero-order chi connectivity index (χ0) is 20.4. The number of hydrogen-bond acceptors (Lipinski definition) is 5. The quantitative estimate of drug-likeness (QED) is 0.726. The minimum absolute atomic E-state index is 0.126. The van der Waals surface area contributed by atoms with E-state index in [1.807, 2.05) is 42.2 Å². The standard InChI is InChI=1S/C23H27N5O/c1-16-6-5-7-18(14-16)15-27-12-13-28(17(2)23(27)29)22-19-8-3-4-9-20(19)25-21(26-22)10-11-24/h3-9,14,17H,10-13,15,24H2,1-2H3/t17-/m0/s1. The smallest absolute Gasteiger partial charge is 0.245 e. The molecule has 4 rings (SSSR count). The van der Waals surface area contributed by atoms with Crippen molar-refractivity contribution in [2.24, 2.45) is 5.73 Å². The van der Waals surface area contributed by atoms with Gasteiger partial charge in [0.15, 0.2) is 0 Å². The van der Waals surface area contributed by atoms with Gasteiger partial charge in [-0.2, -0.15) is 0 Å². The Bertz CT molecular complexity index is 1030. The van der Waals surface area contributed by atoms with Crippen molar-refractivity contribution in [1.29, 1.82) is 0 Å². The van der Waals surface area contributed by atoms with Gasteiger partial charge in [-0.25, -0.2) is 9.97 Å². The molecule has 2 heterocycles. The Balaban J connectivity index is 1.62. The molecule has 2 aromatic carbocycles. The average molecular weight is 390 g/mol. The molecule has 1 fully saturated rings. The largest absolute Gasteiger partial charge is 0.342 e. The summed E-state index contributed by atoms with van der Waals surface area (Å²) < 4.78 is 0. The molecular weight excluding hydrogens is 362 g/mol. The topological polar surface area (TPSA) is 75.3 Å². The second-order valence-corrected chi connectivity index (χ2v) is 7.64. The number of para-hydroxylation sites is 1. The first-order valence-corrected chi connectivity index (χ1v) is 10.1. The van der Waals surface area contributed by atoms with E-state index >= 15 is 0 Å². The first kappa shape index (κ1) is 19.3. The molecule has 1 amide bonds. The Morgan fingerprint density at radius 3 is 2.72 bits per heavy atom. The SMILES string of the molecule is Cc1cccc(CN2CCN(c3nc(CCN)nc4ccccc34)[C@@H](C)C2=O)c1. The number of anilines is 1. The summed E-state index contributed by atoms with van der Waals surface area (Å²) in [5.41, 5.74) is 9.00. The van der Waals surface area contributed by atoms with E-state index in [1.165, 1.54) is 5.56 Å². The highest BCUT2D eigenvalue weighted by molar-refractivity contribution is 5.93. The zero-order valence-corrected chi connectivity index (χ0v) is 17.0. The third kappa shape index (κ3) is 3.93. The fourth-order valence-electron chi connectivity index (χ4n) is 3.97. The lowest BCUT2D eigenvalue weighted by molar-refractivity contribution is -0.134. The lowest BCUT2D eigenvalue weighted by Crippen LogP contribution is -2.56. The molecule has 0 spiro atoms. The summed E-state index contributed by atoms with van der Waals surface area (Å²) >= 11 is 0. The monoisotopic (exact) mass is 389 g/mol. The molecule has 0 saturated carbocycles. The molecular formula is C23H27N5O. The van der Waals surface area contributed by atoms with Crippen molar-refractivity contribution in [3.63, 3.8) is 0 Å². The Kier molecular flexibility index (Phi) is 5.45. The van der Waals surface area contributed by atoms with Gasteiger partial charge < -0.3 is 15.5 Å². The molecule has 2 N–H and O–H groups in total. The van der Waals surface area contributed by atoms with E-state index in [9.17, 15) is 4.79 Å². The van der Waals surface area contributed by atoms with E-state index in [-0.39, 0.29) is 11.9 Å². The molecule has 150 valence electrons. The van der Waals surface area contributed by atoms with Crippen molar-refractivity contribution >= 4 is 22.6 Å². The Hall–Kier alpha value is -2.99. The molecule has 6 nitrogen and oxygen atoms in total. The van der Waals surface area contributed by atoms with Crippen molar-refractivity contribution < 1.29 is 4.79 Å². The normalized spacial score (nSPS) is 17.2. The van der Waals surface area contributed by atoms with Crippen LogP contribution in [0.5, 0.6) is 0 Å². The van der Waals surface area contributed by atoms with Gasteiger partial charge in [-0.3, -0.25) is 4.79 Å². The molecule has 1 atom stereocenters. The van der Waals surface area contributed by atoms with Crippen molar-refractivity contribution in [1.82, 2.24) is 14.9 Å². The maximum atomic E-state index is 13.2. The van der Waals surface area contributed by atoms with Gasteiger partial charge in [0.25, 0.3) is 0 Å². The van der Waals surface area contributed by atoms with Crippen molar-refractivity contribution in [2.45, 2.75) is 32.9 Å². The minimum atomic E-state index is -0.280. The second kappa shape index (κ2) is 8.17. The molecule has 29 heavy (non-hydrogen) atoms. The van der Waals surface area contributed by atoms with E-state index in [1.54, 1.807) is 0 Å². The van der Waals surface area contributed by atoms with Gasteiger partial charge in [0, 0.05) is 31.4 Å². The van der Waals surface area contributed by atoms with Gasteiger partial charge in [-0.05, 0) is 38.1 Å². The van der Waals surface area contributed by atoms with E-state index in [2.05, 4.69) is 35.0 Å². The molecule has 1 aliphatic rings. The number of fused-ring (bicyclic) bond motifs is 1. The third-order valence-electron chi connectivity index (χ3n) is 5.47. The lowest BCUT2D eigenvalue weighted by atomic mass is 10.1. The first-order valence-electron chi connectivity index (χ1n) is 10.1. The van der Waals surface area contributed by atoms with Crippen LogP contribution < -0.4 is 10.6 Å². The van der Waals surface area contributed by atoms with Crippen molar-refractivity contribution in [3.05, 3.63) is 65.5 Å². The van der Waals surface area contributed by atoms with Crippen LogP contribution in [0.25, 0.3) is 10.9 Å². The van der Waals surface area contributed by atoms with Crippen LogP contribution >= 0.6 is 0 Å². The van der Waals surface area contributed by atoms with Crippen molar-refractivity contribution in [2.75, 3.05) is 24.5 Å². The van der Waals surface area contributed by atoms with E-state index < -0.39 is 0 Å². The summed E-state index contributed by atoms with van der Waals surface area (Å²) in [7, 11) is 0. The number of hydrogen-bond donors (Lipinski definition) is 1. The van der Waals surface area contributed by atoms with Crippen LogP contribution in [0.4, 0.5) is 5.82 Å². The third-order valence-corrected chi connectivity index (χ3v) is 5.47. The van der Waals surface area contributed by atoms with Crippen LogP contribution in [0.1, 0.15) is 23.9 Å². The van der Waals surface area contributed by atoms with Gasteiger partial charge >= 0.3 is 0 Å². The molecule has 3 aromatic rings. The predicted molar refractivity (Wildman–Crippen MR) is 116 cm³/mol. The van der Waals surface area contributed by atoms with E-state index in [4.69, 9.17) is 10.7 Å². The van der Waals surface area contributed by atoms with Gasteiger partial charge in [0.05, 0.1) is 5.52 Å². The zero-order valence-electron chi connectivity index (χ0n) is 17.0. The van der Waals surface area contributed by atoms with Crippen LogP contribution in [0.15, 0.2) is 48.5 Å². The van der Waals surface area contributed by atoms with Crippen molar-refractivity contribution in [3.8, 4) is 0 Å². The summed E-state index contributed by atoms with van der Waals surface area (Å²) in [5, 5.41) is 0.972. The number of nitrogens with two attached hydrogens (primary N) is 1. The number of piperazine rings is 1. The molecule has 1 saturated heterocycles. The predicted octanol–water partition coefficient (Wildman–Crippen LogP) is 2.68. The Morgan fingerprint density at radius 1 is 1.10 bits per heavy atom. The fraction of sp³-hybridized carbons (Fsp3) is 0.348. The number of nitrogens with zero attached hydrogens (tertiary/aromatic N) is 4. The molecule has 6 heteroatoms. The van der Waals surface area contributed by atoms with Gasteiger partial charge in [0.1, 0.15) is 17.7 Å². The number of carbonyl (C=O) groups excluding carboxylic acids is 1. The maximum absolute atomic E-state index is 13.2. The Morgan fingerprint density at radius 2 is 1.93 bits per heavy atom. The fourth-order valence-corrected chi connectivity index (χ4v) is 3.97. The highest BCUT2D eigenvalue weighted by Crippen LogP contribution is 2.28. The number of benzene rings is 2. The second-order valence-electron chi connectivity index (χ2n) is 7.64. The van der Waals surface area contributed by atoms with Crippen LogP contribution in [0.3, 0.4) is 0 Å². The summed E-state index contributed by atoms with van der Waals surface area (Å²) in [5.74, 6) is 1.68. The molecule has 0 aliphatic carbocycles. The molecule has 1 aromatic heterocycles. The van der Waals surface area contributed by atoms with Crippen LogP contribution in [0, 0.1) is 6.92 Å². The minimum Gasteiger partial charge on any atom is -0.342 e. The van der Waals surface area contributed by atoms with Crippen LogP contribution in [-0.2, 0) is 17.8 Å². The molecule has 0 bridgehead atoms. The summed E-state index contributed by atoms with van der Waals surface area (Å²) in [6, 6.07) is 16.0. The van der Waals surface area contributed by atoms with Crippen LogP contribution in [0.2, 0.25) is 0 Å². The van der Waals surface area contributed by atoms with Crippen LogP contribution in [-0.4, -0.2) is 46.5 Å².